The van der Waals surface area contributed by atoms with Crippen LogP contribution in [0.15, 0.2) is 24.3 Å². The van der Waals surface area contributed by atoms with Crippen molar-refractivity contribution in [2.24, 2.45) is 11.3 Å². The van der Waals surface area contributed by atoms with Gasteiger partial charge in [0.05, 0.1) is 6.61 Å². The Labute approximate surface area is 118 Å². The summed E-state index contributed by atoms with van der Waals surface area (Å²) in [5.74, 6) is 0.642. The van der Waals surface area contributed by atoms with Crippen molar-refractivity contribution in [1.82, 2.24) is 5.32 Å². The normalized spacial score (nSPS) is 14.6. The second-order valence-corrected chi connectivity index (χ2v) is 6.14. The third-order valence-electron chi connectivity index (χ3n) is 4.13. The lowest BCUT2D eigenvalue weighted by molar-refractivity contribution is 0.175. The van der Waals surface area contributed by atoms with Crippen molar-refractivity contribution in [2.75, 3.05) is 26.8 Å². The number of ether oxygens (including phenoxy) is 1. The van der Waals surface area contributed by atoms with Crippen LogP contribution in [0.4, 0.5) is 0 Å². The van der Waals surface area contributed by atoms with Crippen molar-refractivity contribution in [3.05, 3.63) is 35.4 Å². The average Bonchev–Trinajstić information content (AvgIpc) is 2.37. The Balaban J connectivity index is 2.62. The topological polar surface area (TPSA) is 21.3 Å². The molecule has 0 heterocycles. The van der Waals surface area contributed by atoms with Gasteiger partial charge in [0.25, 0.3) is 0 Å². The molecule has 0 amide bonds. The van der Waals surface area contributed by atoms with E-state index in [9.17, 15) is 0 Å². The molecule has 0 aliphatic carbocycles. The molecule has 1 atom stereocenters. The van der Waals surface area contributed by atoms with Crippen LogP contribution in [0.25, 0.3) is 0 Å². The molecular formula is C17H29NO. The maximum atomic E-state index is 5.09. The second-order valence-electron chi connectivity index (χ2n) is 6.14. The van der Waals surface area contributed by atoms with E-state index in [-0.39, 0.29) is 5.41 Å². The number of hydrogen-bond donors (Lipinski definition) is 1. The van der Waals surface area contributed by atoms with Gasteiger partial charge in [-0.2, -0.15) is 0 Å². The van der Waals surface area contributed by atoms with Gasteiger partial charge in [-0.15, -0.1) is 0 Å². The third kappa shape index (κ3) is 5.33. The molecular weight excluding hydrogens is 234 g/mol. The summed E-state index contributed by atoms with van der Waals surface area (Å²) >= 11 is 0. The molecule has 1 aromatic rings. The van der Waals surface area contributed by atoms with Gasteiger partial charge in [0.1, 0.15) is 0 Å². The highest BCUT2D eigenvalue weighted by Gasteiger charge is 2.28. The van der Waals surface area contributed by atoms with E-state index in [0.29, 0.717) is 5.92 Å². The summed E-state index contributed by atoms with van der Waals surface area (Å²) in [7, 11) is 1.75. The molecule has 0 radical (unpaired) electrons. The highest BCUT2D eigenvalue weighted by atomic mass is 16.5. The quantitative estimate of drug-likeness (QED) is 0.726. The van der Waals surface area contributed by atoms with Gasteiger partial charge < -0.3 is 10.1 Å². The van der Waals surface area contributed by atoms with Crippen LogP contribution in [-0.2, 0) is 11.2 Å². The van der Waals surface area contributed by atoms with E-state index < -0.39 is 0 Å². The molecule has 19 heavy (non-hydrogen) atoms. The number of benzene rings is 1. The predicted octanol–water partition coefficient (Wildman–Crippen LogP) is 3.44. The van der Waals surface area contributed by atoms with Crippen molar-refractivity contribution >= 4 is 0 Å². The highest BCUT2D eigenvalue weighted by molar-refractivity contribution is 5.22. The van der Waals surface area contributed by atoms with Crippen LogP contribution in [-0.4, -0.2) is 26.8 Å². The highest BCUT2D eigenvalue weighted by Crippen LogP contribution is 2.30. The monoisotopic (exact) mass is 263 g/mol. The fraction of sp³-hybridized carbons (Fsp3) is 0.647. The van der Waals surface area contributed by atoms with E-state index in [2.05, 4.69) is 57.3 Å². The standard InChI is InChI=1S/C17H29NO/c1-14(2)17(4,13-18-10-11-19-5)12-16-8-6-15(3)7-9-16/h6-9,14,18H,10-13H2,1-5H3. The molecule has 0 spiro atoms. The Hall–Kier alpha value is -0.860. The van der Waals surface area contributed by atoms with Gasteiger partial charge in [-0.3, -0.25) is 0 Å². The molecule has 0 saturated heterocycles. The van der Waals surface area contributed by atoms with Crippen LogP contribution >= 0.6 is 0 Å². The van der Waals surface area contributed by atoms with Gasteiger partial charge >= 0.3 is 0 Å². The first kappa shape index (κ1) is 16.2. The lowest BCUT2D eigenvalue weighted by Gasteiger charge is -2.34. The molecule has 108 valence electrons. The molecule has 0 bridgehead atoms. The van der Waals surface area contributed by atoms with Gasteiger partial charge in [0.15, 0.2) is 0 Å². The molecule has 1 N–H and O–H groups in total. The van der Waals surface area contributed by atoms with Gasteiger partial charge in [-0.25, -0.2) is 0 Å². The Morgan fingerprint density at radius 1 is 1.21 bits per heavy atom. The van der Waals surface area contributed by atoms with Gasteiger partial charge in [-0.1, -0.05) is 50.6 Å². The Bertz CT molecular complexity index is 358. The van der Waals surface area contributed by atoms with Crippen molar-refractivity contribution in [3.63, 3.8) is 0 Å². The molecule has 0 fully saturated rings. The smallest absolute Gasteiger partial charge is 0.0587 e. The Kier molecular flexibility index (Phi) is 6.53. The Morgan fingerprint density at radius 2 is 1.84 bits per heavy atom. The van der Waals surface area contributed by atoms with Gasteiger partial charge in [0.2, 0.25) is 0 Å². The van der Waals surface area contributed by atoms with Crippen molar-refractivity contribution < 1.29 is 4.74 Å². The number of rotatable bonds is 8. The van der Waals surface area contributed by atoms with Crippen LogP contribution in [0.5, 0.6) is 0 Å². The van der Waals surface area contributed by atoms with E-state index >= 15 is 0 Å². The van der Waals surface area contributed by atoms with Gasteiger partial charge in [-0.05, 0) is 30.2 Å². The SMILES string of the molecule is COCCNCC(C)(Cc1ccc(C)cc1)C(C)C. The first-order valence-corrected chi connectivity index (χ1v) is 7.23. The minimum absolute atomic E-state index is 0.281. The second kappa shape index (κ2) is 7.66. The van der Waals surface area contributed by atoms with Crippen molar-refractivity contribution in [1.29, 1.82) is 0 Å². The van der Waals surface area contributed by atoms with Crippen LogP contribution < -0.4 is 5.32 Å². The summed E-state index contributed by atoms with van der Waals surface area (Å²) < 4.78 is 5.09. The lowest BCUT2D eigenvalue weighted by Crippen LogP contribution is -2.39. The predicted molar refractivity (Wildman–Crippen MR) is 82.6 cm³/mol. The maximum absolute atomic E-state index is 5.09. The molecule has 1 aromatic carbocycles. The maximum Gasteiger partial charge on any atom is 0.0587 e. The minimum Gasteiger partial charge on any atom is -0.383 e. The molecule has 0 aliphatic heterocycles. The molecule has 1 rings (SSSR count). The largest absolute Gasteiger partial charge is 0.383 e. The third-order valence-corrected chi connectivity index (χ3v) is 4.13. The average molecular weight is 263 g/mol. The summed E-state index contributed by atoms with van der Waals surface area (Å²) in [6.45, 7) is 11.9. The summed E-state index contributed by atoms with van der Waals surface area (Å²) in [5, 5.41) is 3.51. The van der Waals surface area contributed by atoms with Crippen molar-refractivity contribution in [3.8, 4) is 0 Å². The van der Waals surface area contributed by atoms with E-state index in [1.54, 1.807) is 7.11 Å². The molecule has 0 aliphatic rings. The lowest BCUT2D eigenvalue weighted by atomic mass is 9.74. The summed E-state index contributed by atoms with van der Waals surface area (Å²) in [4.78, 5) is 0. The minimum atomic E-state index is 0.281. The number of nitrogens with one attached hydrogen (secondary N) is 1. The fourth-order valence-corrected chi connectivity index (χ4v) is 2.19. The van der Waals surface area contributed by atoms with E-state index in [0.717, 1.165) is 26.1 Å². The van der Waals surface area contributed by atoms with Crippen molar-refractivity contribution in [2.45, 2.75) is 34.1 Å². The van der Waals surface area contributed by atoms with E-state index in [1.165, 1.54) is 11.1 Å². The summed E-state index contributed by atoms with van der Waals surface area (Å²) in [6, 6.07) is 8.92. The van der Waals surface area contributed by atoms with Crippen LogP contribution in [0.2, 0.25) is 0 Å². The van der Waals surface area contributed by atoms with Gasteiger partial charge in [0, 0.05) is 20.2 Å². The van der Waals surface area contributed by atoms with E-state index in [4.69, 9.17) is 4.74 Å². The summed E-state index contributed by atoms with van der Waals surface area (Å²) in [5.41, 5.74) is 3.03. The van der Waals surface area contributed by atoms with E-state index in [1.807, 2.05) is 0 Å². The number of methoxy groups -OCH3 is 1. The van der Waals surface area contributed by atoms with Crippen LogP contribution in [0.1, 0.15) is 31.9 Å². The molecule has 1 unspecified atom stereocenters. The number of aryl methyl sites for hydroxylation is 1. The molecule has 2 nitrogen and oxygen atoms in total. The first-order chi connectivity index (χ1) is 8.98. The molecule has 2 heteroatoms. The molecule has 0 saturated carbocycles. The zero-order valence-electron chi connectivity index (χ0n) is 13.1. The summed E-state index contributed by atoms with van der Waals surface area (Å²) in [6.07, 6.45) is 1.12. The van der Waals surface area contributed by atoms with Crippen LogP contribution in [0, 0.1) is 18.3 Å². The zero-order valence-corrected chi connectivity index (χ0v) is 13.1. The Morgan fingerprint density at radius 3 is 2.37 bits per heavy atom. The first-order valence-electron chi connectivity index (χ1n) is 7.23. The fourth-order valence-electron chi connectivity index (χ4n) is 2.19. The zero-order chi connectivity index (χ0) is 14.3. The number of hydrogen-bond acceptors (Lipinski definition) is 2. The van der Waals surface area contributed by atoms with Crippen LogP contribution in [0.3, 0.4) is 0 Å². The molecule has 0 aromatic heterocycles.